The lowest BCUT2D eigenvalue weighted by molar-refractivity contribution is -0.695. The molecule has 0 amide bonds. The fourth-order valence-electron chi connectivity index (χ4n) is 3.72. The Balaban J connectivity index is 1.72. The zero-order valence-corrected chi connectivity index (χ0v) is 12.9. The number of hydrogen-bond acceptors (Lipinski definition) is 2. The molecule has 0 aromatic carbocycles. The van der Waals surface area contributed by atoms with Gasteiger partial charge >= 0.3 is 0 Å². The van der Waals surface area contributed by atoms with Crippen molar-refractivity contribution in [2.75, 3.05) is 30.4 Å². The van der Waals surface area contributed by atoms with Crippen molar-refractivity contribution in [3.63, 3.8) is 0 Å². The number of hydrogen-bond donors (Lipinski definition) is 0. The molecule has 2 aromatic heterocycles. The minimum absolute atomic E-state index is 0.420. The molecule has 0 N–H and O–H groups in total. The van der Waals surface area contributed by atoms with Gasteiger partial charge in [-0.3, -0.25) is 9.80 Å². The van der Waals surface area contributed by atoms with Crippen LogP contribution in [0.5, 0.6) is 0 Å². The molecule has 0 saturated heterocycles. The molecule has 2 aliphatic rings. The molecule has 0 bridgehead atoms. The Morgan fingerprint density at radius 3 is 2.76 bits per heavy atom. The van der Waals surface area contributed by atoms with E-state index in [9.17, 15) is 0 Å². The fourth-order valence-corrected chi connectivity index (χ4v) is 3.72. The third kappa shape index (κ3) is 1.82. The average molecular weight is 282 g/mol. The Morgan fingerprint density at radius 2 is 1.95 bits per heavy atom. The van der Waals surface area contributed by atoms with E-state index in [2.05, 4.69) is 82.7 Å². The molecule has 21 heavy (non-hydrogen) atoms. The molecule has 0 saturated carbocycles. The van der Waals surface area contributed by atoms with Gasteiger partial charge in [0.25, 0.3) is 11.6 Å². The quantitative estimate of drug-likeness (QED) is 0.735. The first kappa shape index (κ1) is 12.6. The number of anilines is 2. The largest absolute Gasteiger partial charge is 0.277 e. The van der Waals surface area contributed by atoms with Crippen molar-refractivity contribution >= 4 is 11.6 Å². The summed E-state index contributed by atoms with van der Waals surface area (Å²) in [6, 6.07) is 11.9. The van der Waals surface area contributed by atoms with Crippen LogP contribution in [0.2, 0.25) is 0 Å². The topological polar surface area (TPSA) is 14.2 Å². The van der Waals surface area contributed by atoms with Gasteiger partial charge in [-0.2, -0.15) is 0 Å². The highest BCUT2D eigenvalue weighted by Gasteiger charge is 2.38. The molecule has 0 fully saturated rings. The monoisotopic (exact) mass is 282 g/mol. The molecule has 4 rings (SSSR count). The highest BCUT2D eigenvalue weighted by Crippen LogP contribution is 2.30. The highest BCUT2D eigenvalue weighted by molar-refractivity contribution is 5.41. The second-order valence-corrected chi connectivity index (χ2v) is 6.30. The third-order valence-electron chi connectivity index (χ3n) is 4.88. The molecule has 0 radical (unpaired) electrons. The maximum absolute atomic E-state index is 2.41. The summed E-state index contributed by atoms with van der Waals surface area (Å²) in [5.41, 5.74) is 1.40. The van der Waals surface area contributed by atoms with Crippen LogP contribution >= 0.6 is 0 Å². The van der Waals surface area contributed by atoms with Crippen molar-refractivity contribution in [3.8, 4) is 0 Å². The summed E-state index contributed by atoms with van der Waals surface area (Å²) >= 11 is 0. The van der Waals surface area contributed by atoms with Gasteiger partial charge in [0.1, 0.15) is 19.1 Å². The van der Waals surface area contributed by atoms with Crippen molar-refractivity contribution in [1.82, 2.24) is 0 Å². The van der Waals surface area contributed by atoms with Gasteiger partial charge in [-0.1, -0.05) is 6.07 Å². The summed E-state index contributed by atoms with van der Waals surface area (Å²) in [6.45, 7) is 4.41. The lowest BCUT2D eigenvalue weighted by atomic mass is 10.1. The van der Waals surface area contributed by atoms with Gasteiger partial charge in [0, 0.05) is 17.7 Å². The van der Waals surface area contributed by atoms with Crippen LogP contribution in [0.1, 0.15) is 24.6 Å². The van der Waals surface area contributed by atoms with Gasteiger partial charge in [0.15, 0.2) is 6.04 Å². The molecular weight excluding hydrogens is 260 g/mol. The molecule has 4 nitrogen and oxygen atoms in total. The fraction of sp³-hybridized carbons (Fsp3) is 0.412. The van der Waals surface area contributed by atoms with Gasteiger partial charge in [0.2, 0.25) is 0 Å². The third-order valence-corrected chi connectivity index (χ3v) is 4.88. The highest BCUT2D eigenvalue weighted by atomic mass is 15.3. The average Bonchev–Trinajstić information content (AvgIpc) is 2.98. The Labute approximate surface area is 125 Å². The summed E-state index contributed by atoms with van der Waals surface area (Å²) in [4.78, 5) is 4.71. The minimum atomic E-state index is 0.420. The van der Waals surface area contributed by atoms with E-state index in [1.165, 1.54) is 17.2 Å². The standard InChI is InChI=1S/C17H22N4/c1-13-10-18(2)16-8-7-14(11-21(13)16)15-12-20-9-5-4-6-17(20)19(15)3/h4-9,11,13,15H,10,12H2,1-3H3/q+2. The van der Waals surface area contributed by atoms with Gasteiger partial charge in [-0.15, -0.1) is 0 Å². The molecule has 2 aromatic rings. The lowest BCUT2D eigenvalue weighted by Crippen LogP contribution is -2.36. The first-order valence-electron chi connectivity index (χ1n) is 7.62. The molecule has 2 unspecified atom stereocenters. The van der Waals surface area contributed by atoms with Crippen LogP contribution in [0.4, 0.5) is 11.6 Å². The van der Waals surface area contributed by atoms with Gasteiger partial charge in [0.05, 0.1) is 26.5 Å². The summed E-state index contributed by atoms with van der Waals surface area (Å²) in [5, 5.41) is 0. The Morgan fingerprint density at radius 1 is 1.10 bits per heavy atom. The van der Waals surface area contributed by atoms with Crippen LogP contribution < -0.4 is 18.9 Å². The number of likely N-dealkylation sites (N-methyl/N-ethyl adjacent to an activating group) is 2. The normalized spacial score (nSPS) is 23.4. The van der Waals surface area contributed by atoms with Crippen LogP contribution in [-0.2, 0) is 6.54 Å². The second kappa shape index (κ2) is 4.45. The summed E-state index contributed by atoms with van der Waals surface area (Å²) in [6.07, 6.45) is 4.51. The molecule has 4 heterocycles. The molecule has 4 heteroatoms. The minimum Gasteiger partial charge on any atom is -0.260 e. The number of pyridine rings is 2. The summed E-state index contributed by atoms with van der Waals surface area (Å²) < 4.78 is 4.74. The molecule has 2 aliphatic heterocycles. The van der Waals surface area contributed by atoms with E-state index in [-0.39, 0.29) is 0 Å². The van der Waals surface area contributed by atoms with E-state index in [0.717, 1.165) is 13.1 Å². The van der Waals surface area contributed by atoms with Crippen molar-refractivity contribution in [1.29, 1.82) is 0 Å². The van der Waals surface area contributed by atoms with Gasteiger partial charge < -0.3 is 0 Å². The van der Waals surface area contributed by atoms with E-state index in [4.69, 9.17) is 0 Å². The molecular formula is C17H22N4+2. The van der Waals surface area contributed by atoms with Crippen molar-refractivity contribution in [2.24, 2.45) is 0 Å². The first-order chi connectivity index (χ1) is 10.1. The van der Waals surface area contributed by atoms with Crippen LogP contribution in [-0.4, -0.2) is 20.6 Å². The number of aromatic nitrogens is 2. The lowest BCUT2D eigenvalue weighted by Gasteiger charge is -2.14. The van der Waals surface area contributed by atoms with E-state index >= 15 is 0 Å². The Bertz CT molecular complexity index is 697. The van der Waals surface area contributed by atoms with Crippen molar-refractivity contribution in [2.45, 2.75) is 25.6 Å². The second-order valence-electron chi connectivity index (χ2n) is 6.30. The van der Waals surface area contributed by atoms with Crippen molar-refractivity contribution in [3.05, 3.63) is 48.3 Å². The van der Waals surface area contributed by atoms with Crippen LogP contribution in [0, 0.1) is 0 Å². The predicted molar refractivity (Wildman–Crippen MR) is 82.4 cm³/mol. The molecule has 108 valence electrons. The van der Waals surface area contributed by atoms with E-state index in [1.807, 2.05) is 0 Å². The van der Waals surface area contributed by atoms with E-state index < -0.39 is 0 Å². The van der Waals surface area contributed by atoms with Crippen molar-refractivity contribution < 1.29 is 9.13 Å². The van der Waals surface area contributed by atoms with Gasteiger partial charge in [-0.25, -0.2) is 9.13 Å². The van der Waals surface area contributed by atoms with Crippen LogP contribution in [0.3, 0.4) is 0 Å². The first-order valence-corrected chi connectivity index (χ1v) is 7.62. The maximum Gasteiger partial charge on any atom is 0.277 e. The SMILES string of the molecule is CC1CN(C)c2ccc(C3C[n+]4ccccc4N3C)c[n+]21. The summed E-state index contributed by atoms with van der Waals surface area (Å²) in [5.74, 6) is 2.61. The number of nitrogens with zero attached hydrogens (tertiary/aromatic N) is 4. The molecule has 2 atom stereocenters. The van der Waals surface area contributed by atoms with E-state index in [1.54, 1.807) is 0 Å². The Hall–Kier alpha value is -2.10. The zero-order valence-electron chi connectivity index (χ0n) is 12.9. The van der Waals surface area contributed by atoms with Gasteiger partial charge in [-0.05, 0) is 19.1 Å². The van der Waals surface area contributed by atoms with Crippen LogP contribution in [0.25, 0.3) is 0 Å². The van der Waals surface area contributed by atoms with E-state index in [0.29, 0.717) is 12.1 Å². The zero-order chi connectivity index (χ0) is 14.6. The smallest absolute Gasteiger partial charge is 0.260 e. The molecule has 0 aliphatic carbocycles. The number of rotatable bonds is 1. The maximum atomic E-state index is 2.41. The molecule has 0 spiro atoms. The summed E-state index contributed by atoms with van der Waals surface area (Å²) in [7, 11) is 4.36. The Kier molecular flexibility index (Phi) is 2.67. The predicted octanol–water partition coefficient (Wildman–Crippen LogP) is 1.46. The van der Waals surface area contributed by atoms with Crippen LogP contribution in [0.15, 0.2) is 42.7 Å². The number of fused-ring (bicyclic) bond motifs is 2.